The molecule has 1 aromatic heterocycles. The average Bonchev–Trinajstić information content (AvgIpc) is 2.72. The van der Waals surface area contributed by atoms with E-state index in [1.54, 1.807) is 6.07 Å². The first-order valence-corrected chi connectivity index (χ1v) is 8.64. The van der Waals surface area contributed by atoms with Crippen LogP contribution in [0.1, 0.15) is 27.2 Å². The van der Waals surface area contributed by atoms with Crippen LogP contribution in [0.2, 0.25) is 0 Å². The minimum Gasteiger partial charge on any atom is -0.473 e. The molecule has 130 valence electrons. The molecule has 0 radical (unpaired) electrons. The molecule has 0 atom stereocenters. The van der Waals surface area contributed by atoms with E-state index in [1.165, 1.54) is 17.5 Å². The maximum Gasteiger partial charge on any atom is 0.273 e. The first-order valence-electron chi connectivity index (χ1n) is 8.64. The average molecular weight is 345 g/mol. The van der Waals surface area contributed by atoms with Crippen LogP contribution >= 0.6 is 0 Å². The van der Waals surface area contributed by atoms with Gasteiger partial charge in [-0.05, 0) is 23.1 Å². The predicted octanol–water partition coefficient (Wildman–Crippen LogP) is 3.25. The number of carbonyl (C=O) groups is 1. The van der Waals surface area contributed by atoms with Gasteiger partial charge in [-0.1, -0.05) is 54.6 Å². The first kappa shape index (κ1) is 16.3. The number of nitrogens with zero attached hydrogens (tertiary/aromatic N) is 3. The molecular formula is C21H19N3O2. The van der Waals surface area contributed by atoms with Crippen molar-refractivity contribution >= 4 is 5.91 Å². The van der Waals surface area contributed by atoms with Crippen LogP contribution in [0.15, 0.2) is 67.0 Å². The third-order valence-electron chi connectivity index (χ3n) is 4.51. The Morgan fingerprint density at radius 2 is 1.77 bits per heavy atom. The first-order chi connectivity index (χ1) is 12.8. The fourth-order valence-corrected chi connectivity index (χ4v) is 3.10. The summed E-state index contributed by atoms with van der Waals surface area (Å²) in [4.78, 5) is 22.9. The summed E-state index contributed by atoms with van der Waals surface area (Å²) < 4.78 is 5.70. The summed E-state index contributed by atoms with van der Waals surface area (Å²) in [5, 5.41) is 0. The van der Waals surface area contributed by atoms with Crippen molar-refractivity contribution in [3.05, 3.63) is 89.4 Å². The Labute approximate surface area is 152 Å². The summed E-state index contributed by atoms with van der Waals surface area (Å²) in [5.74, 6) is 0.316. The van der Waals surface area contributed by atoms with E-state index in [-0.39, 0.29) is 5.91 Å². The Hall–Kier alpha value is -3.21. The maximum atomic E-state index is 12.8. The van der Waals surface area contributed by atoms with E-state index in [2.05, 4.69) is 22.1 Å². The van der Waals surface area contributed by atoms with Crippen LogP contribution in [0, 0.1) is 0 Å². The number of aromatic nitrogens is 2. The number of amides is 1. The van der Waals surface area contributed by atoms with Gasteiger partial charge < -0.3 is 9.64 Å². The lowest BCUT2D eigenvalue weighted by Gasteiger charge is -2.28. The second-order valence-electron chi connectivity index (χ2n) is 6.26. The molecule has 4 rings (SSSR count). The van der Waals surface area contributed by atoms with Crippen molar-refractivity contribution in [3.8, 4) is 5.88 Å². The van der Waals surface area contributed by atoms with Gasteiger partial charge in [0.25, 0.3) is 5.91 Å². The number of hydrogen-bond donors (Lipinski definition) is 0. The fourth-order valence-electron chi connectivity index (χ4n) is 3.10. The Bertz CT molecular complexity index is 912. The molecule has 0 aliphatic carbocycles. The minimum absolute atomic E-state index is 0.0912. The highest BCUT2D eigenvalue weighted by Crippen LogP contribution is 2.20. The van der Waals surface area contributed by atoms with Crippen molar-refractivity contribution in [1.29, 1.82) is 0 Å². The zero-order chi connectivity index (χ0) is 17.8. The second-order valence-corrected chi connectivity index (χ2v) is 6.26. The van der Waals surface area contributed by atoms with E-state index in [4.69, 9.17) is 4.74 Å². The Kier molecular flexibility index (Phi) is 4.60. The largest absolute Gasteiger partial charge is 0.473 e. The van der Waals surface area contributed by atoms with Crippen LogP contribution in [-0.4, -0.2) is 27.3 Å². The summed E-state index contributed by atoms with van der Waals surface area (Å²) >= 11 is 0. The second kappa shape index (κ2) is 7.35. The van der Waals surface area contributed by atoms with Crippen LogP contribution in [-0.2, 0) is 19.6 Å². The zero-order valence-corrected chi connectivity index (χ0v) is 14.3. The maximum absolute atomic E-state index is 12.8. The van der Waals surface area contributed by atoms with Crippen molar-refractivity contribution in [2.45, 2.75) is 19.6 Å². The Balaban J connectivity index is 1.45. The number of rotatable bonds is 4. The lowest BCUT2D eigenvalue weighted by molar-refractivity contribution is 0.0727. The fraction of sp³-hybridized carbons (Fsp3) is 0.190. The molecule has 0 fully saturated rings. The summed E-state index contributed by atoms with van der Waals surface area (Å²) in [5.41, 5.74) is 3.92. The van der Waals surface area contributed by atoms with Crippen molar-refractivity contribution in [3.63, 3.8) is 0 Å². The molecule has 5 heteroatoms. The van der Waals surface area contributed by atoms with Gasteiger partial charge in [0, 0.05) is 19.2 Å². The van der Waals surface area contributed by atoms with Gasteiger partial charge in [-0.3, -0.25) is 4.79 Å². The van der Waals surface area contributed by atoms with Crippen molar-refractivity contribution in [2.75, 3.05) is 6.54 Å². The molecule has 5 nitrogen and oxygen atoms in total. The third-order valence-corrected chi connectivity index (χ3v) is 4.51. The van der Waals surface area contributed by atoms with Crippen molar-refractivity contribution < 1.29 is 9.53 Å². The van der Waals surface area contributed by atoms with E-state index >= 15 is 0 Å². The molecule has 0 spiro atoms. The van der Waals surface area contributed by atoms with Crippen LogP contribution in [0.3, 0.4) is 0 Å². The lowest BCUT2D eigenvalue weighted by Crippen LogP contribution is -2.36. The zero-order valence-electron chi connectivity index (χ0n) is 14.3. The van der Waals surface area contributed by atoms with Gasteiger partial charge in [-0.15, -0.1) is 0 Å². The van der Waals surface area contributed by atoms with E-state index in [1.807, 2.05) is 47.4 Å². The molecule has 2 aromatic carbocycles. The highest BCUT2D eigenvalue weighted by atomic mass is 16.5. The smallest absolute Gasteiger partial charge is 0.273 e. The molecule has 1 aliphatic rings. The number of fused-ring (bicyclic) bond motifs is 1. The summed E-state index contributed by atoms with van der Waals surface area (Å²) in [7, 11) is 0. The van der Waals surface area contributed by atoms with Crippen molar-refractivity contribution in [2.24, 2.45) is 0 Å². The number of carbonyl (C=O) groups excluding carboxylic acids is 1. The van der Waals surface area contributed by atoms with Gasteiger partial charge >= 0.3 is 0 Å². The number of ether oxygens (including phenoxy) is 1. The molecule has 26 heavy (non-hydrogen) atoms. The molecule has 0 saturated carbocycles. The Morgan fingerprint density at radius 3 is 2.62 bits per heavy atom. The van der Waals surface area contributed by atoms with Crippen LogP contribution in [0.25, 0.3) is 0 Å². The summed E-state index contributed by atoms with van der Waals surface area (Å²) in [6, 6.07) is 19.7. The highest BCUT2D eigenvalue weighted by molar-refractivity contribution is 5.92. The standard InChI is InChI=1S/C21H19N3O2/c25-21(24-11-10-17-8-4-5-9-18(17)13-24)19-12-20(23-15-22-19)26-14-16-6-2-1-3-7-16/h1-9,12,15H,10-11,13-14H2. The molecule has 2 heterocycles. The summed E-state index contributed by atoms with van der Waals surface area (Å²) in [6.45, 7) is 1.71. The monoisotopic (exact) mass is 345 g/mol. The van der Waals surface area contributed by atoms with Gasteiger partial charge in [0.2, 0.25) is 5.88 Å². The normalized spacial score (nSPS) is 13.2. The van der Waals surface area contributed by atoms with Gasteiger partial charge in [0.15, 0.2) is 0 Å². The van der Waals surface area contributed by atoms with Crippen LogP contribution < -0.4 is 4.74 Å². The molecule has 3 aromatic rings. The highest BCUT2D eigenvalue weighted by Gasteiger charge is 2.22. The molecule has 1 aliphatic heterocycles. The molecule has 1 amide bonds. The molecule has 0 N–H and O–H groups in total. The van der Waals surface area contributed by atoms with E-state index in [9.17, 15) is 4.79 Å². The van der Waals surface area contributed by atoms with E-state index < -0.39 is 0 Å². The Morgan fingerprint density at radius 1 is 1.00 bits per heavy atom. The third kappa shape index (κ3) is 3.57. The predicted molar refractivity (Wildman–Crippen MR) is 97.7 cm³/mol. The number of benzene rings is 2. The van der Waals surface area contributed by atoms with E-state index in [0.717, 1.165) is 12.0 Å². The van der Waals surface area contributed by atoms with Crippen molar-refractivity contribution in [1.82, 2.24) is 14.9 Å². The number of hydrogen-bond acceptors (Lipinski definition) is 4. The molecular weight excluding hydrogens is 326 g/mol. The van der Waals surface area contributed by atoms with Gasteiger partial charge in [0.05, 0.1) is 0 Å². The van der Waals surface area contributed by atoms with E-state index in [0.29, 0.717) is 31.3 Å². The van der Waals surface area contributed by atoms with Gasteiger partial charge in [-0.25, -0.2) is 9.97 Å². The van der Waals surface area contributed by atoms with Gasteiger partial charge in [-0.2, -0.15) is 0 Å². The molecule has 0 bridgehead atoms. The molecule has 0 saturated heterocycles. The SMILES string of the molecule is O=C(c1cc(OCc2ccccc2)ncn1)N1CCc2ccccc2C1. The van der Waals surface area contributed by atoms with Gasteiger partial charge in [0.1, 0.15) is 18.6 Å². The minimum atomic E-state index is -0.0912. The lowest BCUT2D eigenvalue weighted by atomic mass is 10.00. The quantitative estimate of drug-likeness (QED) is 0.728. The van der Waals surface area contributed by atoms with Crippen LogP contribution in [0.4, 0.5) is 0 Å². The summed E-state index contributed by atoms with van der Waals surface area (Å²) in [6.07, 6.45) is 2.25. The topological polar surface area (TPSA) is 55.3 Å². The van der Waals surface area contributed by atoms with Crippen LogP contribution in [0.5, 0.6) is 5.88 Å². The molecule has 0 unspecified atom stereocenters.